The number of carbonyl (C=O) groups excluding carboxylic acids is 2. The van der Waals surface area contributed by atoms with Gasteiger partial charge in [-0.1, -0.05) is 63.9 Å². The summed E-state index contributed by atoms with van der Waals surface area (Å²) in [4.78, 5) is 40.7. The minimum absolute atomic E-state index is 0.162. The second-order valence-electron chi connectivity index (χ2n) is 11.0. The van der Waals surface area contributed by atoms with E-state index in [1.165, 1.54) is 35.2 Å². The molecule has 11 heteroatoms. The van der Waals surface area contributed by atoms with Gasteiger partial charge in [-0.05, 0) is 67.6 Å². The number of hydrogen-bond acceptors (Lipinski definition) is 7. The molecule has 42 heavy (non-hydrogen) atoms. The summed E-state index contributed by atoms with van der Waals surface area (Å²) in [5.74, 6) is -1.85. The van der Waals surface area contributed by atoms with Gasteiger partial charge in [0, 0.05) is 16.0 Å². The first-order chi connectivity index (χ1) is 19.9. The SMILES string of the molecule is CCCCC(O)C(C)(C)c1ccc(N2C(=O)N(S(=O)(=O)c3ccccc3)C(=O)C2CCCc2ccc(C(=O)O)s2)cc1. The van der Waals surface area contributed by atoms with Gasteiger partial charge < -0.3 is 10.2 Å². The lowest BCUT2D eigenvalue weighted by molar-refractivity contribution is -0.124. The van der Waals surface area contributed by atoms with Crippen molar-refractivity contribution in [3.8, 4) is 0 Å². The summed E-state index contributed by atoms with van der Waals surface area (Å²) < 4.78 is 27.3. The number of aliphatic hydroxyl groups excluding tert-OH is 1. The van der Waals surface area contributed by atoms with Gasteiger partial charge in [-0.25, -0.2) is 18.0 Å². The van der Waals surface area contributed by atoms with Crippen LogP contribution >= 0.6 is 11.3 Å². The average Bonchev–Trinajstić information content (AvgIpc) is 3.54. The van der Waals surface area contributed by atoms with Crippen molar-refractivity contribution in [2.75, 3.05) is 4.90 Å². The number of sulfonamides is 1. The van der Waals surface area contributed by atoms with Gasteiger partial charge in [-0.3, -0.25) is 9.69 Å². The van der Waals surface area contributed by atoms with Gasteiger partial charge in [0.1, 0.15) is 10.9 Å². The molecule has 9 nitrogen and oxygen atoms in total. The zero-order chi connectivity index (χ0) is 30.7. The Morgan fingerprint density at radius 3 is 2.26 bits per heavy atom. The average molecular weight is 613 g/mol. The Labute approximate surface area is 250 Å². The number of aromatic carboxylic acids is 1. The van der Waals surface area contributed by atoms with Crippen LogP contribution in [-0.2, 0) is 26.7 Å². The molecule has 1 aliphatic heterocycles. The minimum Gasteiger partial charge on any atom is -0.477 e. The number of urea groups is 1. The van der Waals surface area contributed by atoms with Crippen molar-refractivity contribution in [3.63, 3.8) is 0 Å². The topological polar surface area (TPSA) is 132 Å². The molecule has 224 valence electrons. The molecule has 1 saturated heterocycles. The maximum Gasteiger partial charge on any atom is 0.346 e. The number of benzene rings is 2. The van der Waals surface area contributed by atoms with Crippen molar-refractivity contribution in [2.45, 2.75) is 81.8 Å². The van der Waals surface area contributed by atoms with E-state index in [9.17, 15) is 33.0 Å². The summed E-state index contributed by atoms with van der Waals surface area (Å²) in [6, 6.07) is 15.5. The normalized spacial score (nSPS) is 16.7. The lowest BCUT2D eigenvalue weighted by Crippen LogP contribution is -2.38. The number of aliphatic hydroxyl groups is 1. The largest absolute Gasteiger partial charge is 0.477 e. The maximum absolute atomic E-state index is 13.7. The molecule has 0 saturated carbocycles. The van der Waals surface area contributed by atoms with Crippen molar-refractivity contribution in [1.82, 2.24) is 4.31 Å². The molecule has 0 aliphatic carbocycles. The zero-order valence-electron chi connectivity index (χ0n) is 23.9. The summed E-state index contributed by atoms with van der Waals surface area (Å²) >= 11 is 1.14. The van der Waals surface area contributed by atoms with Crippen molar-refractivity contribution in [1.29, 1.82) is 0 Å². The predicted octanol–water partition coefficient (Wildman–Crippen LogP) is 5.82. The van der Waals surface area contributed by atoms with E-state index in [1.807, 2.05) is 13.8 Å². The number of unbranched alkanes of at least 4 members (excludes halogenated alkanes) is 1. The van der Waals surface area contributed by atoms with Crippen LogP contribution in [0.2, 0.25) is 0 Å². The van der Waals surface area contributed by atoms with E-state index >= 15 is 0 Å². The van der Waals surface area contributed by atoms with E-state index in [0.717, 1.165) is 34.6 Å². The first-order valence-electron chi connectivity index (χ1n) is 14.0. The number of imide groups is 1. The number of carboxylic acid groups (broad SMARTS) is 1. The van der Waals surface area contributed by atoms with Crippen LogP contribution in [0.4, 0.5) is 10.5 Å². The Hall–Kier alpha value is -3.54. The fraction of sp³-hybridized carbons (Fsp3) is 0.387. The van der Waals surface area contributed by atoms with Gasteiger partial charge in [0.05, 0.1) is 11.0 Å². The number of amides is 3. The first kappa shape index (κ1) is 31.4. The fourth-order valence-electron chi connectivity index (χ4n) is 5.13. The summed E-state index contributed by atoms with van der Waals surface area (Å²) in [6.45, 7) is 5.96. The van der Waals surface area contributed by atoms with E-state index in [0.29, 0.717) is 29.3 Å². The number of carbonyl (C=O) groups is 3. The van der Waals surface area contributed by atoms with Crippen LogP contribution in [0.1, 0.15) is 73.0 Å². The fourth-order valence-corrected chi connectivity index (χ4v) is 7.38. The van der Waals surface area contributed by atoms with Crippen LogP contribution in [0.5, 0.6) is 0 Å². The second-order valence-corrected chi connectivity index (χ2v) is 13.9. The van der Waals surface area contributed by atoms with E-state index in [-0.39, 0.29) is 16.2 Å². The smallest absolute Gasteiger partial charge is 0.346 e. The molecule has 1 fully saturated rings. The third kappa shape index (κ3) is 6.28. The molecule has 2 unspecified atom stereocenters. The van der Waals surface area contributed by atoms with Crippen LogP contribution in [-0.4, -0.2) is 53.0 Å². The minimum atomic E-state index is -4.45. The summed E-state index contributed by atoms with van der Waals surface area (Å²) in [6.07, 6.45) is 3.01. The molecule has 0 radical (unpaired) electrons. The molecule has 0 bridgehead atoms. The highest BCUT2D eigenvalue weighted by Crippen LogP contribution is 2.35. The standard InChI is InChI=1S/C31H36N2O7S2/c1-4-5-14-27(34)31(2,3)21-15-17-22(18-16-21)32-25(13-9-10-23-19-20-26(41-23)29(36)37)28(35)33(30(32)38)42(39,40)24-11-7-6-8-12-24/h6-8,11-12,15-20,25,27,34H,4-5,9-10,13-14H2,1-3H3,(H,36,37). The number of thiophene rings is 1. The van der Waals surface area contributed by atoms with Crippen molar-refractivity contribution < 1.29 is 33.0 Å². The Balaban J connectivity index is 1.64. The van der Waals surface area contributed by atoms with Gasteiger partial charge >= 0.3 is 12.0 Å². The van der Waals surface area contributed by atoms with Gasteiger partial charge in [-0.15, -0.1) is 15.6 Å². The Bertz CT molecular complexity index is 1530. The molecule has 1 aliphatic rings. The van der Waals surface area contributed by atoms with Gasteiger partial charge in [-0.2, -0.15) is 0 Å². The van der Waals surface area contributed by atoms with Crippen LogP contribution in [0.25, 0.3) is 0 Å². The van der Waals surface area contributed by atoms with Crippen LogP contribution < -0.4 is 4.90 Å². The van der Waals surface area contributed by atoms with Gasteiger partial charge in [0.2, 0.25) is 0 Å². The monoisotopic (exact) mass is 612 g/mol. The number of rotatable bonds is 13. The van der Waals surface area contributed by atoms with Crippen molar-refractivity contribution in [3.05, 3.63) is 82.0 Å². The molecule has 2 N–H and O–H groups in total. The Morgan fingerprint density at radius 1 is 1.00 bits per heavy atom. The zero-order valence-corrected chi connectivity index (χ0v) is 25.5. The highest BCUT2D eigenvalue weighted by Gasteiger charge is 2.51. The summed E-state index contributed by atoms with van der Waals surface area (Å²) in [5.41, 5.74) is 0.664. The Morgan fingerprint density at radius 2 is 1.67 bits per heavy atom. The summed E-state index contributed by atoms with van der Waals surface area (Å²) in [7, 11) is -4.45. The third-order valence-corrected chi connectivity index (χ3v) is 10.6. The molecule has 1 aromatic heterocycles. The molecule has 2 aromatic carbocycles. The van der Waals surface area contributed by atoms with E-state index in [1.54, 1.807) is 36.4 Å². The molecule has 4 rings (SSSR count). The van der Waals surface area contributed by atoms with Gasteiger partial charge in [0.15, 0.2) is 0 Å². The molecule has 2 heterocycles. The van der Waals surface area contributed by atoms with E-state index in [2.05, 4.69) is 6.92 Å². The predicted molar refractivity (Wildman–Crippen MR) is 161 cm³/mol. The van der Waals surface area contributed by atoms with E-state index < -0.39 is 45.5 Å². The van der Waals surface area contributed by atoms with Gasteiger partial charge in [0.25, 0.3) is 15.9 Å². The highest BCUT2D eigenvalue weighted by molar-refractivity contribution is 7.90. The van der Waals surface area contributed by atoms with Crippen LogP contribution in [0.15, 0.2) is 71.6 Å². The number of carboxylic acids is 1. The highest BCUT2D eigenvalue weighted by atomic mass is 32.2. The summed E-state index contributed by atoms with van der Waals surface area (Å²) in [5, 5.41) is 20.0. The quantitative estimate of drug-likeness (QED) is 0.232. The Kier molecular flexibility index (Phi) is 9.54. The molecule has 2 atom stereocenters. The number of anilines is 1. The number of aryl methyl sites for hydroxylation is 1. The number of nitrogens with zero attached hydrogens (tertiary/aromatic N) is 2. The second kappa shape index (κ2) is 12.8. The lowest BCUT2D eigenvalue weighted by atomic mass is 9.77. The number of hydrogen-bond donors (Lipinski definition) is 2. The van der Waals surface area contributed by atoms with E-state index in [4.69, 9.17) is 0 Å². The van der Waals surface area contributed by atoms with Crippen molar-refractivity contribution >= 4 is 45.0 Å². The molecular formula is C31H36N2O7S2. The molecule has 0 spiro atoms. The molecule has 3 aromatic rings. The maximum atomic E-state index is 13.7. The third-order valence-electron chi connectivity index (χ3n) is 7.78. The molecular weight excluding hydrogens is 576 g/mol. The first-order valence-corrected chi connectivity index (χ1v) is 16.2. The van der Waals surface area contributed by atoms with Crippen LogP contribution in [0.3, 0.4) is 0 Å². The van der Waals surface area contributed by atoms with Crippen molar-refractivity contribution in [2.24, 2.45) is 0 Å². The van der Waals surface area contributed by atoms with Crippen LogP contribution in [0, 0.1) is 0 Å². The lowest BCUT2D eigenvalue weighted by Gasteiger charge is -2.32. The molecule has 3 amide bonds.